The van der Waals surface area contributed by atoms with Crippen LogP contribution in [0, 0.1) is 0 Å². The summed E-state index contributed by atoms with van der Waals surface area (Å²) in [5, 5.41) is 7.78. The van der Waals surface area contributed by atoms with Crippen molar-refractivity contribution in [3.63, 3.8) is 0 Å². The number of hydrogen-bond donors (Lipinski definition) is 3. The van der Waals surface area contributed by atoms with E-state index in [-0.39, 0.29) is 12.5 Å². The van der Waals surface area contributed by atoms with Crippen LogP contribution < -0.4 is 16.0 Å². The fourth-order valence-corrected chi connectivity index (χ4v) is 2.40. The van der Waals surface area contributed by atoms with Gasteiger partial charge in [-0.3, -0.25) is 19.8 Å². The van der Waals surface area contributed by atoms with Gasteiger partial charge in [0.25, 0.3) is 0 Å². The van der Waals surface area contributed by atoms with E-state index in [1.54, 1.807) is 11.8 Å². The van der Waals surface area contributed by atoms with Crippen molar-refractivity contribution in [1.82, 2.24) is 15.5 Å². The van der Waals surface area contributed by atoms with Crippen molar-refractivity contribution in [3.8, 4) is 0 Å². The first-order valence-corrected chi connectivity index (χ1v) is 9.15. The van der Waals surface area contributed by atoms with Crippen LogP contribution in [0.2, 0.25) is 0 Å². The molecule has 0 aliphatic rings. The maximum atomic E-state index is 12.4. The fourth-order valence-electron chi connectivity index (χ4n) is 2.40. The van der Waals surface area contributed by atoms with E-state index < -0.39 is 18.0 Å². The fraction of sp³-hybridized carbons (Fsp3) is 0.526. The lowest BCUT2D eigenvalue weighted by molar-refractivity contribution is -0.124. The summed E-state index contributed by atoms with van der Waals surface area (Å²) in [6.07, 6.45) is 2.62. The molecule has 0 aliphatic heterocycles. The molecule has 1 rings (SSSR count). The highest BCUT2D eigenvalue weighted by molar-refractivity contribution is 5.97. The van der Waals surface area contributed by atoms with Crippen LogP contribution in [0.15, 0.2) is 30.3 Å². The van der Waals surface area contributed by atoms with Crippen LogP contribution in [0.4, 0.5) is 10.5 Å². The molecular weight excluding hydrogens is 332 g/mol. The van der Waals surface area contributed by atoms with Crippen LogP contribution in [0.25, 0.3) is 0 Å². The molecule has 0 saturated carbocycles. The number of hydrogen-bond acceptors (Lipinski definition) is 4. The summed E-state index contributed by atoms with van der Waals surface area (Å²) in [5.74, 6) is -0.614. The number of nitrogens with one attached hydrogen (secondary N) is 3. The molecule has 1 aromatic rings. The van der Waals surface area contributed by atoms with Gasteiger partial charge in [0.05, 0.1) is 12.6 Å². The molecule has 0 saturated heterocycles. The van der Waals surface area contributed by atoms with Crippen molar-refractivity contribution in [2.75, 3.05) is 25.0 Å². The van der Waals surface area contributed by atoms with E-state index in [1.165, 1.54) is 0 Å². The molecule has 0 spiro atoms. The molecule has 7 nitrogen and oxygen atoms in total. The molecular formula is C19H30N4O3. The largest absolute Gasteiger partial charge is 0.338 e. The minimum Gasteiger partial charge on any atom is -0.338 e. The Balaban J connectivity index is 2.56. The average molecular weight is 362 g/mol. The second kappa shape index (κ2) is 12.0. The number of anilines is 1. The Morgan fingerprint density at radius 2 is 1.77 bits per heavy atom. The molecule has 144 valence electrons. The Bertz CT molecular complexity index is 577. The first-order valence-electron chi connectivity index (χ1n) is 9.15. The minimum absolute atomic E-state index is 0.0155. The lowest BCUT2D eigenvalue weighted by atomic mass is 10.2. The van der Waals surface area contributed by atoms with Crippen molar-refractivity contribution < 1.29 is 14.4 Å². The third-order valence-electron chi connectivity index (χ3n) is 3.89. The van der Waals surface area contributed by atoms with Crippen LogP contribution in [-0.2, 0) is 9.59 Å². The molecule has 3 N–H and O–H groups in total. The Kier molecular flexibility index (Phi) is 10.0. The van der Waals surface area contributed by atoms with Gasteiger partial charge < -0.3 is 10.6 Å². The average Bonchev–Trinajstić information content (AvgIpc) is 2.61. The van der Waals surface area contributed by atoms with Crippen LogP contribution >= 0.6 is 0 Å². The van der Waals surface area contributed by atoms with Crippen LogP contribution in [0.3, 0.4) is 0 Å². The molecule has 0 aliphatic carbocycles. The van der Waals surface area contributed by atoms with Crippen LogP contribution in [-0.4, -0.2) is 48.4 Å². The van der Waals surface area contributed by atoms with E-state index in [4.69, 9.17) is 0 Å². The number of unbranched alkanes of at least 4 members (excludes halogenated alkanes) is 1. The molecule has 26 heavy (non-hydrogen) atoms. The Morgan fingerprint density at radius 3 is 2.38 bits per heavy atom. The van der Waals surface area contributed by atoms with Gasteiger partial charge >= 0.3 is 6.03 Å². The maximum Gasteiger partial charge on any atom is 0.321 e. The monoisotopic (exact) mass is 362 g/mol. The van der Waals surface area contributed by atoms with Crippen LogP contribution in [0.5, 0.6) is 0 Å². The molecule has 1 aromatic carbocycles. The van der Waals surface area contributed by atoms with Gasteiger partial charge in [-0.1, -0.05) is 38.5 Å². The zero-order valence-corrected chi connectivity index (χ0v) is 15.9. The molecule has 7 heteroatoms. The molecule has 4 amide bonds. The zero-order chi connectivity index (χ0) is 19.4. The molecule has 0 unspecified atom stereocenters. The molecule has 0 heterocycles. The van der Waals surface area contributed by atoms with Gasteiger partial charge in [0.1, 0.15) is 0 Å². The summed E-state index contributed by atoms with van der Waals surface area (Å²) >= 11 is 0. The maximum absolute atomic E-state index is 12.4. The van der Waals surface area contributed by atoms with E-state index in [0.29, 0.717) is 18.8 Å². The highest BCUT2D eigenvalue weighted by atomic mass is 16.2. The SMILES string of the molecule is CCCCNC(=O)NC(=O)CN(CCC)[C@@H](C)C(=O)Nc1ccccc1. The Labute approximate surface area is 155 Å². The second-order valence-electron chi connectivity index (χ2n) is 6.16. The van der Waals surface area contributed by atoms with E-state index >= 15 is 0 Å². The summed E-state index contributed by atoms with van der Waals surface area (Å²) in [6, 6.07) is 8.18. The number of nitrogens with zero attached hydrogens (tertiary/aromatic N) is 1. The van der Waals surface area contributed by atoms with Gasteiger partial charge in [0.15, 0.2) is 0 Å². The van der Waals surface area contributed by atoms with Gasteiger partial charge in [-0.25, -0.2) is 4.79 Å². The Morgan fingerprint density at radius 1 is 1.08 bits per heavy atom. The summed E-state index contributed by atoms with van der Waals surface area (Å²) in [4.78, 5) is 38.0. The highest BCUT2D eigenvalue weighted by Gasteiger charge is 2.23. The molecule has 0 bridgehead atoms. The van der Waals surface area contributed by atoms with Gasteiger partial charge in [0, 0.05) is 12.2 Å². The number of carbonyl (C=O) groups excluding carboxylic acids is 3. The number of carbonyl (C=O) groups is 3. The zero-order valence-electron chi connectivity index (χ0n) is 15.9. The Hall–Kier alpha value is -2.41. The predicted octanol–water partition coefficient (Wildman–Crippen LogP) is 2.35. The topological polar surface area (TPSA) is 90.5 Å². The highest BCUT2D eigenvalue weighted by Crippen LogP contribution is 2.08. The van der Waals surface area contributed by atoms with Crippen molar-refractivity contribution in [1.29, 1.82) is 0 Å². The lowest BCUT2D eigenvalue weighted by Crippen LogP contribution is -2.49. The van der Waals surface area contributed by atoms with Crippen molar-refractivity contribution in [2.45, 2.75) is 46.1 Å². The normalized spacial score (nSPS) is 11.7. The van der Waals surface area contributed by atoms with E-state index in [9.17, 15) is 14.4 Å². The third kappa shape index (κ3) is 8.11. The first kappa shape index (κ1) is 21.6. The molecule has 0 radical (unpaired) electrons. The summed E-state index contributed by atoms with van der Waals surface area (Å²) < 4.78 is 0. The van der Waals surface area contributed by atoms with Gasteiger partial charge in [-0.05, 0) is 38.4 Å². The van der Waals surface area contributed by atoms with E-state index in [0.717, 1.165) is 19.3 Å². The second-order valence-corrected chi connectivity index (χ2v) is 6.16. The molecule has 1 atom stereocenters. The smallest absolute Gasteiger partial charge is 0.321 e. The number of amides is 4. The number of urea groups is 1. The summed E-state index contributed by atoms with van der Waals surface area (Å²) in [5.41, 5.74) is 0.709. The van der Waals surface area contributed by atoms with Crippen molar-refractivity contribution in [3.05, 3.63) is 30.3 Å². The van der Waals surface area contributed by atoms with E-state index in [2.05, 4.69) is 16.0 Å². The number of para-hydroxylation sites is 1. The summed E-state index contributed by atoms with van der Waals surface area (Å²) in [7, 11) is 0. The molecule has 0 aromatic heterocycles. The van der Waals surface area contributed by atoms with Gasteiger partial charge in [-0.2, -0.15) is 0 Å². The summed E-state index contributed by atoms with van der Waals surface area (Å²) in [6.45, 7) is 6.85. The number of imide groups is 1. The number of rotatable bonds is 10. The van der Waals surface area contributed by atoms with Crippen LogP contribution in [0.1, 0.15) is 40.0 Å². The standard InChI is InChI=1S/C19H30N4O3/c1-4-6-12-20-19(26)22-17(24)14-23(13-5-2)15(3)18(25)21-16-10-8-7-9-11-16/h7-11,15H,4-6,12-14H2,1-3H3,(H,21,25)(H2,20,22,24,26)/t15-/m0/s1. The lowest BCUT2D eigenvalue weighted by Gasteiger charge is -2.27. The van der Waals surface area contributed by atoms with Crippen molar-refractivity contribution in [2.24, 2.45) is 0 Å². The van der Waals surface area contributed by atoms with E-state index in [1.807, 2.05) is 44.2 Å². The third-order valence-corrected chi connectivity index (χ3v) is 3.89. The predicted molar refractivity (Wildman–Crippen MR) is 103 cm³/mol. The molecule has 0 fully saturated rings. The quantitative estimate of drug-likeness (QED) is 0.557. The van der Waals surface area contributed by atoms with Crippen molar-refractivity contribution >= 4 is 23.5 Å². The number of benzene rings is 1. The van der Waals surface area contributed by atoms with Gasteiger partial charge in [-0.15, -0.1) is 0 Å². The minimum atomic E-state index is -0.499. The first-order chi connectivity index (χ1) is 12.5. The van der Waals surface area contributed by atoms with Gasteiger partial charge in [0.2, 0.25) is 11.8 Å².